The maximum atomic E-state index is 13.0. The minimum Gasteiger partial charge on any atom is -0.444 e. The van der Waals surface area contributed by atoms with Crippen molar-refractivity contribution in [1.82, 2.24) is 19.3 Å². The van der Waals surface area contributed by atoms with Crippen LogP contribution < -0.4 is 11.0 Å². The second-order valence-corrected chi connectivity index (χ2v) is 12.3. The highest BCUT2D eigenvalue weighted by Crippen LogP contribution is 2.23. The Balaban J connectivity index is 1.34. The van der Waals surface area contributed by atoms with E-state index in [-0.39, 0.29) is 11.1 Å². The van der Waals surface area contributed by atoms with Gasteiger partial charge in [-0.3, -0.25) is 9.88 Å². The summed E-state index contributed by atoms with van der Waals surface area (Å²) in [5, 5.41) is 7.26. The van der Waals surface area contributed by atoms with Gasteiger partial charge >= 0.3 is 11.8 Å². The van der Waals surface area contributed by atoms with E-state index < -0.39 is 11.7 Å². The lowest BCUT2D eigenvalue weighted by molar-refractivity contribution is 0.0635. The minimum atomic E-state index is -0.598. The molecule has 41 heavy (non-hydrogen) atoms. The molecule has 1 N–H and O–H groups in total. The average Bonchev–Trinajstić information content (AvgIpc) is 3.47. The van der Waals surface area contributed by atoms with E-state index in [4.69, 9.17) is 9.15 Å². The number of oxazole rings is 1. The molecule has 0 aliphatic carbocycles. The average molecular weight is 560 g/mol. The fraction of sp³-hybridized carbons (Fsp3) is 0.438. The van der Waals surface area contributed by atoms with Gasteiger partial charge in [-0.2, -0.15) is 10.1 Å². The first-order valence-corrected chi connectivity index (χ1v) is 14.1. The first-order valence-electron chi connectivity index (χ1n) is 14.1. The molecule has 9 heteroatoms. The zero-order chi connectivity index (χ0) is 29.8. The zero-order valence-electron chi connectivity index (χ0n) is 25.2. The molecule has 0 saturated heterocycles. The molecule has 0 radical (unpaired) electrons. The molecule has 0 unspecified atom stereocenters. The number of nitrogens with zero attached hydrogens (tertiary/aromatic N) is 4. The number of rotatable bonds is 9. The van der Waals surface area contributed by atoms with Crippen LogP contribution in [0.2, 0.25) is 0 Å². The van der Waals surface area contributed by atoms with Crippen LogP contribution in [0.1, 0.15) is 77.4 Å². The highest BCUT2D eigenvalue weighted by atomic mass is 16.6. The second-order valence-electron chi connectivity index (χ2n) is 12.3. The smallest absolute Gasteiger partial charge is 0.413 e. The van der Waals surface area contributed by atoms with Gasteiger partial charge in [0, 0.05) is 18.5 Å². The summed E-state index contributed by atoms with van der Waals surface area (Å²) >= 11 is 0. The second kappa shape index (κ2) is 12.2. The molecule has 2 heterocycles. The molecule has 0 aliphatic heterocycles. The summed E-state index contributed by atoms with van der Waals surface area (Å²) in [5.41, 5.74) is 3.72. The lowest BCUT2D eigenvalue weighted by Gasteiger charge is -2.19. The highest BCUT2D eigenvalue weighted by Gasteiger charge is 2.18. The van der Waals surface area contributed by atoms with E-state index in [2.05, 4.69) is 60.4 Å². The quantitative estimate of drug-likeness (QED) is 0.248. The van der Waals surface area contributed by atoms with Gasteiger partial charge in [-0.15, -0.1) is 0 Å². The predicted molar refractivity (Wildman–Crippen MR) is 160 cm³/mol. The topological polar surface area (TPSA) is 104 Å². The summed E-state index contributed by atoms with van der Waals surface area (Å²) in [6.07, 6.45) is 3.22. The van der Waals surface area contributed by atoms with E-state index in [9.17, 15) is 9.59 Å². The van der Waals surface area contributed by atoms with Crippen LogP contribution in [0.5, 0.6) is 0 Å². The molecule has 218 valence electrons. The van der Waals surface area contributed by atoms with Gasteiger partial charge in [-0.05, 0) is 74.8 Å². The Morgan fingerprint density at radius 1 is 0.951 bits per heavy atom. The molecule has 2 aromatic carbocycles. The number of benzene rings is 2. The normalized spacial score (nSPS) is 12.0. The summed E-state index contributed by atoms with van der Waals surface area (Å²) in [6.45, 7) is 15.0. The monoisotopic (exact) mass is 559 g/mol. The lowest BCUT2D eigenvalue weighted by atomic mass is 9.87. The Bertz CT molecular complexity index is 1510. The van der Waals surface area contributed by atoms with Crippen LogP contribution in [0.25, 0.3) is 11.5 Å². The minimum absolute atomic E-state index is 0.0711. The van der Waals surface area contributed by atoms with Crippen LogP contribution in [0.4, 0.5) is 10.6 Å². The van der Waals surface area contributed by atoms with Crippen molar-refractivity contribution >= 4 is 11.9 Å². The van der Waals surface area contributed by atoms with Gasteiger partial charge in [0.15, 0.2) is 5.82 Å². The van der Waals surface area contributed by atoms with Gasteiger partial charge < -0.3 is 9.15 Å². The lowest BCUT2D eigenvalue weighted by Crippen LogP contribution is -2.27. The maximum absolute atomic E-state index is 13.0. The third-order valence-corrected chi connectivity index (χ3v) is 6.67. The van der Waals surface area contributed by atoms with E-state index in [1.165, 1.54) is 11.8 Å². The molecular weight excluding hydrogens is 518 g/mol. The number of carbonyl (C=O) groups is 1. The van der Waals surface area contributed by atoms with Crippen LogP contribution in [-0.4, -0.2) is 31.0 Å². The van der Waals surface area contributed by atoms with Crippen molar-refractivity contribution in [1.29, 1.82) is 0 Å². The van der Waals surface area contributed by atoms with Crippen molar-refractivity contribution in [3.05, 3.63) is 87.8 Å². The number of nitrogens with one attached hydrogen (secondary N) is 1. The molecule has 0 aliphatic rings. The van der Waals surface area contributed by atoms with Gasteiger partial charge in [-0.1, -0.05) is 57.2 Å². The van der Waals surface area contributed by atoms with E-state index in [0.717, 1.165) is 35.4 Å². The third-order valence-electron chi connectivity index (χ3n) is 6.67. The molecule has 0 spiro atoms. The van der Waals surface area contributed by atoms with Crippen LogP contribution in [0.15, 0.2) is 64.0 Å². The van der Waals surface area contributed by atoms with Crippen molar-refractivity contribution in [2.24, 2.45) is 0 Å². The summed E-state index contributed by atoms with van der Waals surface area (Å²) in [6, 6.07) is 16.4. The van der Waals surface area contributed by atoms with Crippen molar-refractivity contribution in [3.8, 4) is 11.5 Å². The standard InChI is InChI=1S/C32H41N5O4/c1-8-36-27(35-37(30(36)39)20-23-14-18-25(19-15-23)31(2,3)4)11-9-10-22-12-16-24(17-13-22)28-33-26(21-40-28)34-29(38)41-32(5,6)7/h12-19,21H,8-11,20H2,1-7H3,(H,34,38). The molecule has 2 aromatic heterocycles. The Morgan fingerprint density at radius 2 is 1.61 bits per heavy atom. The molecule has 0 fully saturated rings. The van der Waals surface area contributed by atoms with Crippen LogP contribution in [0, 0.1) is 0 Å². The molecule has 9 nitrogen and oxygen atoms in total. The van der Waals surface area contributed by atoms with Crippen LogP contribution in [0.3, 0.4) is 0 Å². The zero-order valence-corrected chi connectivity index (χ0v) is 25.2. The Kier molecular flexibility index (Phi) is 8.85. The van der Waals surface area contributed by atoms with Crippen molar-refractivity contribution in [3.63, 3.8) is 0 Å². The summed E-state index contributed by atoms with van der Waals surface area (Å²) in [4.78, 5) is 29.3. The number of hydrogen-bond acceptors (Lipinski definition) is 6. The Labute approximate surface area is 241 Å². The number of hydrogen-bond donors (Lipinski definition) is 1. The molecule has 1 amide bonds. The largest absolute Gasteiger partial charge is 0.444 e. The highest BCUT2D eigenvalue weighted by molar-refractivity contribution is 5.83. The predicted octanol–water partition coefficient (Wildman–Crippen LogP) is 6.59. The number of aromatic nitrogens is 4. The van der Waals surface area contributed by atoms with E-state index in [1.54, 1.807) is 30.0 Å². The van der Waals surface area contributed by atoms with E-state index >= 15 is 0 Å². The van der Waals surface area contributed by atoms with E-state index in [0.29, 0.717) is 31.2 Å². The number of amides is 1. The SMILES string of the molecule is CCn1c(CCCc2ccc(-c3nc(NC(=O)OC(C)(C)C)co3)cc2)nn(Cc2ccc(C(C)(C)C)cc2)c1=O. The first-order chi connectivity index (χ1) is 19.3. The van der Waals surface area contributed by atoms with Gasteiger partial charge in [0.2, 0.25) is 5.89 Å². The summed E-state index contributed by atoms with van der Waals surface area (Å²) < 4.78 is 14.1. The number of anilines is 1. The molecule has 4 aromatic rings. The number of ether oxygens (including phenoxy) is 1. The fourth-order valence-electron chi connectivity index (χ4n) is 4.51. The van der Waals surface area contributed by atoms with Gasteiger partial charge in [-0.25, -0.2) is 14.3 Å². The first kappa shape index (κ1) is 29.8. The Morgan fingerprint density at radius 3 is 2.22 bits per heavy atom. The van der Waals surface area contributed by atoms with Crippen LogP contribution in [-0.2, 0) is 36.1 Å². The van der Waals surface area contributed by atoms with Crippen molar-refractivity contribution in [2.75, 3.05) is 5.32 Å². The van der Waals surface area contributed by atoms with Gasteiger partial charge in [0.25, 0.3) is 0 Å². The van der Waals surface area contributed by atoms with Crippen molar-refractivity contribution < 1.29 is 13.9 Å². The van der Waals surface area contributed by atoms with Gasteiger partial charge in [0.1, 0.15) is 17.7 Å². The Hall–Kier alpha value is -4.14. The van der Waals surface area contributed by atoms with Crippen molar-refractivity contribution in [2.45, 2.75) is 91.8 Å². The van der Waals surface area contributed by atoms with Gasteiger partial charge in [0.05, 0.1) is 6.54 Å². The maximum Gasteiger partial charge on any atom is 0.413 e. The summed E-state index contributed by atoms with van der Waals surface area (Å²) in [7, 11) is 0. The number of carbonyl (C=O) groups excluding carboxylic acids is 1. The van der Waals surface area contributed by atoms with E-state index in [1.807, 2.05) is 31.2 Å². The molecule has 0 atom stereocenters. The third kappa shape index (κ3) is 7.96. The molecular formula is C32H41N5O4. The molecule has 0 saturated carbocycles. The number of aryl methyl sites for hydroxylation is 2. The fourth-order valence-corrected chi connectivity index (χ4v) is 4.51. The van der Waals surface area contributed by atoms with Crippen LogP contribution >= 0.6 is 0 Å². The molecule has 0 bridgehead atoms. The molecule has 4 rings (SSSR count). The summed E-state index contributed by atoms with van der Waals surface area (Å²) in [5.74, 6) is 1.51.